The Hall–Kier alpha value is -1.60. The van der Waals surface area contributed by atoms with E-state index in [1.54, 1.807) is 0 Å². The molecule has 2 rings (SSSR count). The Morgan fingerprint density at radius 3 is 2.93 bits per heavy atom. The fourth-order valence-corrected chi connectivity index (χ4v) is 2.06. The highest BCUT2D eigenvalue weighted by Gasteiger charge is 2.07. The molecule has 74 valence electrons. The van der Waals surface area contributed by atoms with E-state index in [9.17, 15) is 0 Å². The van der Waals surface area contributed by atoms with Gasteiger partial charge >= 0.3 is 0 Å². The molecule has 0 N–H and O–H groups in total. The summed E-state index contributed by atoms with van der Waals surface area (Å²) in [5.41, 5.74) is 0.917. The number of fused-ring (bicyclic) bond motifs is 1. The lowest BCUT2D eigenvalue weighted by Gasteiger charge is -2.04. The summed E-state index contributed by atoms with van der Waals surface area (Å²) in [6.07, 6.45) is 1.54. The van der Waals surface area contributed by atoms with Crippen molar-refractivity contribution in [3.63, 3.8) is 0 Å². The Morgan fingerprint density at radius 1 is 1.33 bits per heavy atom. The summed E-state index contributed by atoms with van der Waals surface area (Å²) < 4.78 is 0. The van der Waals surface area contributed by atoms with Crippen LogP contribution in [0.15, 0.2) is 35.6 Å². The molecule has 1 aromatic heterocycles. The van der Waals surface area contributed by atoms with E-state index in [0.717, 1.165) is 15.9 Å². The third kappa shape index (κ3) is 2.08. The predicted molar refractivity (Wildman–Crippen MR) is 60.5 cm³/mol. The van der Waals surface area contributed by atoms with Gasteiger partial charge in [-0.25, -0.2) is 9.97 Å². The highest BCUT2D eigenvalue weighted by Crippen LogP contribution is 2.26. The molecule has 3 nitrogen and oxygen atoms in total. The van der Waals surface area contributed by atoms with Gasteiger partial charge in [-0.2, -0.15) is 5.26 Å². The molecule has 0 saturated heterocycles. The maximum absolute atomic E-state index is 8.75. The maximum atomic E-state index is 8.75. The first-order valence-electron chi connectivity index (χ1n) is 4.57. The Bertz CT molecular complexity index is 513. The molecule has 0 aliphatic carbocycles. The number of nitriles is 1. The zero-order chi connectivity index (χ0) is 10.7. The number of benzene rings is 1. The lowest BCUT2D eigenvalue weighted by molar-refractivity contribution is 1.09. The summed E-state index contributed by atoms with van der Waals surface area (Å²) in [5, 5.41) is 10.5. The van der Waals surface area contributed by atoms with Crippen molar-refractivity contribution in [3.05, 3.63) is 30.6 Å². The van der Waals surface area contributed by atoms with Gasteiger partial charge in [0, 0.05) is 5.39 Å². The van der Waals surface area contributed by atoms with Gasteiger partial charge in [-0.3, -0.25) is 0 Å². The van der Waals surface area contributed by atoms with Gasteiger partial charge in [-0.1, -0.05) is 30.0 Å². The van der Waals surface area contributed by atoms with E-state index in [0.29, 0.717) is 0 Å². The summed E-state index contributed by atoms with van der Waals surface area (Å²) in [4.78, 5) is 8.36. The second-order valence-electron chi connectivity index (χ2n) is 3.09. The third-order valence-electron chi connectivity index (χ3n) is 1.98. The monoisotopic (exact) mass is 215 g/mol. The van der Waals surface area contributed by atoms with Crippen molar-refractivity contribution in [1.29, 1.82) is 5.26 Å². The highest BCUT2D eigenvalue weighted by atomic mass is 32.2. The number of para-hydroxylation sites is 1. The molecule has 0 fully saturated rings. The zero-order valence-corrected chi connectivity index (χ0v) is 9.03. The van der Waals surface area contributed by atoms with Gasteiger partial charge in [-0.05, 0) is 13.0 Å². The van der Waals surface area contributed by atoms with Gasteiger partial charge in [-0.15, -0.1) is 0 Å². The maximum Gasteiger partial charge on any atom is 0.117 e. The quantitative estimate of drug-likeness (QED) is 0.570. The minimum absolute atomic E-state index is 0.0942. The molecule has 1 heterocycles. The summed E-state index contributed by atoms with van der Waals surface area (Å²) in [6.45, 7) is 1.86. The minimum Gasteiger partial charge on any atom is -0.236 e. The molecule has 1 atom stereocenters. The Labute approximate surface area is 92.2 Å². The van der Waals surface area contributed by atoms with Gasteiger partial charge in [0.2, 0.25) is 0 Å². The van der Waals surface area contributed by atoms with Crippen molar-refractivity contribution in [2.75, 3.05) is 0 Å². The molecule has 0 aliphatic heterocycles. The fraction of sp³-hybridized carbons (Fsp3) is 0.182. The normalized spacial score (nSPS) is 12.3. The lowest BCUT2D eigenvalue weighted by atomic mass is 10.2. The Balaban J connectivity index is 2.48. The van der Waals surface area contributed by atoms with Crippen LogP contribution >= 0.6 is 11.8 Å². The second kappa shape index (κ2) is 4.28. The topological polar surface area (TPSA) is 49.6 Å². The minimum atomic E-state index is -0.0942. The number of thioether (sulfide) groups is 1. The molecule has 4 heteroatoms. The largest absolute Gasteiger partial charge is 0.236 e. The average Bonchev–Trinajstić information content (AvgIpc) is 2.29. The van der Waals surface area contributed by atoms with E-state index in [-0.39, 0.29) is 5.25 Å². The van der Waals surface area contributed by atoms with Crippen LogP contribution in [0.1, 0.15) is 6.92 Å². The summed E-state index contributed by atoms with van der Waals surface area (Å²) in [5.74, 6) is 0. The predicted octanol–water partition coefficient (Wildman–Crippen LogP) is 2.63. The molecule has 0 amide bonds. The Morgan fingerprint density at radius 2 is 2.13 bits per heavy atom. The van der Waals surface area contributed by atoms with E-state index in [1.165, 1.54) is 18.1 Å². The smallest absolute Gasteiger partial charge is 0.117 e. The van der Waals surface area contributed by atoms with Crippen LogP contribution in [0.5, 0.6) is 0 Å². The van der Waals surface area contributed by atoms with Crippen LogP contribution in [0.4, 0.5) is 0 Å². The van der Waals surface area contributed by atoms with Crippen LogP contribution in [0, 0.1) is 11.3 Å². The van der Waals surface area contributed by atoms with Gasteiger partial charge < -0.3 is 0 Å². The highest BCUT2D eigenvalue weighted by molar-refractivity contribution is 8.00. The first-order chi connectivity index (χ1) is 7.31. The molecule has 1 unspecified atom stereocenters. The van der Waals surface area contributed by atoms with Crippen LogP contribution in [0.3, 0.4) is 0 Å². The van der Waals surface area contributed by atoms with Crippen LogP contribution in [-0.4, -0.2) is 15.2 Å². The van der Waals surface area contributed by atoms with Crippen molar-refractivity contribution in [2.24, 2.45) is 0 Å². The molecular weight excluding hydrogens is 206 g/mol. The van der Waals surface area contributed by atoms with E-state index in [2.05, 4.69) is 16.0 Å². The molecule has 0 bridgehead atoms. The van der Waals surface area contributed by atoms with E-state index >= 15 is 0 Å². The van der Waals surface area contributed by atoms with Crippen molar-refractivity contribution in [3.8, 4) is 6.07 Å². The van der Waals surface area contributed by atoms with E-state index < -0.39 is 0 Å². The first kappa shape index (κ1) is 9.94. The zero-order valence-electron chi connectivity index (χ0n) is 8.21. The molecule has 1 aromatic carbocycles. The molecular formula is C11H9N3S. The molecule has 15 heavy (non-hydrogen) atoms. The van der Waals surface area contributed by atoms with Crippen LogP contribution in [0.25, 0.3) is 10.9 Å². The average molecular weight is 215 g/mol. The van der Waals surface area contributed by atoms with Crippen molar-refractivity contribution >= 4 is 22.7 Å². The summed E-state index contributed by atoms with van der Waals surface area (Å²) >= 11 is 1.46. The molecule has 0 aliphatic rings. The number of rotatable bonds is 2. The van der Waals surface area contributed by atoms with Gasteiger partial charge in [0.15, 0.2) is 0 Å². The van der Waals surface area contributed by atoms with E-state index in [4.69, 9.17) is 5.26 Å². The summed E-state index contributed by atoms with van der Waals surface area (Å²) in [7, 11) is 0. The summed E-state index contributed by atoms with van der Waals surface area (Å²) in [6, 6.07) is 9.99. The van der Waals surface area contributed by atoms with Crippen molar-refractivity contribution < 1.29 is 0 Å². The Kier molecular flexibility index (Phi) is 2.84. The number of nitrogens with zero attached hydrogens (tertiary/aromatic N) is 3. The van der Waals surface area contributed by atoms with Crippen LogP contribution < -0.4 is 0 Å². The van der Waals surface area contributed by atoms with Gasteiger partial charge in [0.1, 0.15) is 11.4 Å². The van der Waals surface area contributed by atoms with Crippen LogP contribution in [-0.2, 0) is 0 Å². The standard InChI is InChI=1S/C11H9N3S/c1-8(6-12)15-11-9-4-2-3-5-10(9)13-7-14-11/h2-5,7-8H,1H3. The molecule has 0 saturated carbocycles. The molecule has 0 radical (unpaired) electrons. The lowest BCUT2D eigenvalue weighted by Crippen LogP contribution is -1.93. The van der Waals surface area contributed by atoms with Gasteiger partial charge in [0.25, 0.3) is 0 Å². The first-order valence-corrected chi connectivity index (χ1v) is 5.45. The molecule has 2 aromatic rings. The van der Waals surface area contributed by atoms with E-state index in [1.807, 2.05) is 31.2 Å². The van der Waals surface area contributed by atoms with Gasteiger partial charge in [0.05, 0.1) is 16.8 Å². The SMILES string of the molecule is CC(C#N)Sc1ncnc2ccccc12. The number of aromatic nitrogens is 2. The number of hydrogen-bond donors (Lipinski definition) is 0. The molecule has 0 spiro atoms. The number of hydrogen-bond acceptors (Lipinski definition) is 4. The fourth-order valence-electron chi connectivity index (χ4n) is 1.27. The van der Waals surface area contributed by atoms with Crippen LogP contribution in [0.2, 0.25) is 0 Å². The van der Waals surface area contributed by atoms with Crippen molar-refractivity contribution in [2.45, 2.75) is 17.2 Å². The van der Waals surface area contributed by atoms with Crippen molar-refractivity contribution in [1.82, 2.24) is 9.97 Å². The second-order valence-corrected chi connectivity index (χ2v) is 4.41. The third-order valence-corrected chi connectivity index (χ3v) is 2.98.